The summed E-state index contributed by atoms with van der Waals surface area (Å²) in [4.78, 5) is 1.42. The molecule has 0 spiro atoms. The molecule has 0 aliphatic rings. The molecule has 0 saturated carbocycles. The molecule has 1 heterocycles. The van der Waals surface area contributed by atoms with E-state index < -0.39 is 0 Å². The Bertz CT molecular complexity index is 236. The summed E-state index contributed by atoms with van der Waals surface area (Å²) in [6, 6.07) is 4.26. The standard InChI is InChI=1S/C12H19BrOS/c1-11(4-7-13)5-8-14-9-6-12-3-2-10-15-12/h2-3,10-11H,4-9H2,1H3. The maximum atomic E-state index is 5.62. The van der Waals surface area contributed by atoms with E-state index in [2.05, 4.69) is 40.4 Å². The summed E-state index contributed by atoms with van der Waals surface area (Å²) < 4.78 is 5.62. The highest BCUT2D eigenvalue weighted by Crippen LogP contribution is 2.11. The highest BCUT2D eigenvalue weighted by molar-refractivity contribution is 9.09. The monoisotopic (exact) mass is 290 g/mol. The van der Waals surface area contributed by atoms with Crippen LogP contribution in [0.25, 0.3) is 0 Å². The van der Waals surface area contributed by atoms with Gasteiger partial charge in [0, 0.05) is 23.2 Å². The largest absolute Gasteiger partial charge is 0.381 e. The minimum Gasteiger partial charge on any atom is -0.381 e. The van der Waals surface area contributed by atoms with Crippen LogP contribution < -0.4 is 0 Å². The van der Waals surface area contributed by atoms with Gasteiger partial charge >= 0.3 is 0 Å². The fourth-order valence-corrected chi connectivity index (χ4v) is 2.82. The van der Waals surface area contributed by atoms with Crippen LogP contribution in [0.2, 0.25) is 0 Å². The van der Waals surface area contributed by atoms with Crippen LogP contribution in [0.15, 0.2) is 17.5 Å². The number of hydrogen-bond donors (Lipinski definition) is 0. The second kappa shape index (κ2) is 8.31. The predicted octanol–water partition coefficient (Wildman–Crippen LogP) is 4.12. The highest BCUT2D eigenvalue weighted by Gasteiger charge is 2.00. The van der Waals surface area contributed by atoms with Gasteiger partial charge in [-0.1, -0.05) is 28.9 Å². The Morgan fingerprint density at radius 3 is 2.93 bits per heavy atom. The maximum absolute atomic E-state index is 5.62. The van der Waals surface area contributed by atoms with Crippen LogP contribution in [0.4, 0.5) is 0 Å². The second-order valence-corrected chi connectivity index (χ2v) is 5.64. The average Bonchev–Trinajstić information content (AvgIpc) is 2.70. The van der Waals surface area contributed by atoms with Crippen molar-refractivity contribution in [3.8, 4) is 0 Å². The van der Waals surface area contributed by atoms with Gasteiger partial charge < -0.3 is 4.74 Å². The lowest BCUT2D eigenvalue weighted by molar-refractivity contribution is 0.124. The average molecular weight is 291 g/mol. The zero-order valence-electron chi connectivity index (χ0n) is 9.25. The molecular weight excluding hydrogens is 272 g/mol. The molecule has 0 saturated heterocycles. The normalized spacial score (nSPS) is 12.9. The van der Waals surface area contributed by atoms with Crippen molar-refractivity contribution < 1.29 is 4.74 Å². The van der Waals surface area contributed by atoms with Crippen LogP contribution in [0.5, 0.6) is 0 Å². The van der Waals surface area contributed by atoms with Crippen molar-refractivity contribution in [3.63, 3.8) is 0 Å². The first-order chi connectivity index (χ1) is 7.33. The van der Waals surface area contributed by atoms with E-state index in [1.54, 1.807) is 0 Å². The molecule has 1 aromatic heterocycles. The van der Waals surface area contributed by atoms with Crippen molar-refractivity contribution >= 4 is 27.3 Å². The summed E-state index contributed by atoms with van der Waals surface area (Å²) in [5, 5.41) is 3.22. The number of thiophene rings is 1. The van der Waals surface area contributed by atoms with Crippen molar-refractivity contribution in [2.24, 2.45) is 5.92 Å². The van der Waals surface area contributed by atoms with E-state index in [9.17, 15) is 0 Å². The molecule has 0 fully saturated rings. The third-order valence-electron chi connectivity index (χ3n) is 2.43. The second-order valence-electron chi connectivity index (χ2n) is 3.81. The molecule has 1 nitrogen and oxygen atoms in total. The first-order valence-electron chi connectivity index (χ1n) is 5.49. The lowest BCUT2D eigenvalue weighted by atomic mass is 10.1. The molecule has 0 aliphatic carbocycles. The topological polar surface area (TPSA) is 9.23 Å². The fraction of sp³-hybridized carbons (Fsp3) is 0.667. The van der Waals surface area contributed by atoms with Crippen molar-refractivity contribution in [2.45, 2.75) is 26.2 Å². The Morgan fingerprint density at radius 2 is 2.27 bits per heavy atom. The Kier molecular flexibility index (Phi) is 7.32. The predicted molar refractivity (Wildman–Crippen MR) is 71.0 cm³/mol. The van der Waals surface area contributed by atoms with Gasteiger partial charge in [-0.05, 0) is 30.2 Å². The summed E-state index contributed by atoms with van der Waals surface area (Å²) in [6.07, 6.45) is 3.48. The van der Waals surface area contributed by atoms with E-state index in [4.69, 9.17) is 4.74 Å². The van der Waals surface area contributed by atoms with Gasteiger partial charge in [-0.3, -0.25) is 0 Å². The Morgan fingerprint density at radius 1 is 1.40 bits per heavy atom. The van der Waals surface area contributed by atoms with Crippen LogP contribution in [0, 0.1) is 5.92 Å². The third-order valence-corrected chi connectivity index (χ3v) is 3.82. The van der Waals surface area contributed by atoms with Crippen molar-refractivity contribution in [2.75, 3.05) is 18.5 Å². The van der Waals surface area contributed by atoms with Crippen LogP contribution >= 0.6 is 27.3 Å². The van der Waals surface area contributed by atoms with Crippen molar-refractivity contribution in [3.05, 3.63) is 22.4 Å². The fourth-order valence-electron chi connectivity index (χ4n) is 1.34. The molecule has 1 rings (SSSR count). The summed E-state index contributed by atoms with van der Waals surface area (Å²) in [5.74, 6) is 0.770. The highest BCUT2D eigenvalue weighted by atomic mass is 79.9. The number of ether oxygens (including phenoxy) is 1. The molecule has 15 heavy (non-hydrogen) atoms. The van der Waals surface area contributed by atoms with E-state index in [0.717, 1.165) is 30.9 Å². The van der Waals surface area contributed by atoms with E-state index in [0.29, 0.717) is 0 Å². The third kappa shape index (κ3) is 6.33. The molecule has 0 bridgehead atoms. The minimum atomic E-state index is 0.770. The minimum absolute atomic E-state index is 0.770. The number of halogens is 1. The molecular formula is C12H19BrOS. The summed E-state index contributed by atoms with van der Waals surface area (Å²) in [7, 11) is 0. The van der Waals surface area contributed by atoms with Gasteiger partial charge in [0.1, 0.15) is 0 Å². The van der Waals surface area contributed by atoms with E-state index in [-0.39, 0.29) is 0 Å². The molecule has 0 aromatic carbocycles. The number of alkyl halides is 1. The van der Waals surface area contributed by atoms with E-state index in [1.807, 2.05) is 11.3 Å². The van der Waals surface area contributed by atoms with Crippen LogP contribution in [0.1, 0.15) is 24.6 Å². The van der Waals surface area contributed by atoms with Gasteiger partial charge in [-0.15, -0.1) is 11.3 Å². The molecule has 1 unspecified atom stereocenters. The zero-order valence-corrected chi connectivity index (χ0v) is 11.6. The molecule has 3 heteroatoms. The van der Waals surface area contributed by atoms with E-state index >= 15 is 0 Å². The van der Waals surface area contributed by atoms with Gasteiger partial charge in [0.15, 0.2) is 0 Å². The zero-order chi connectivity index (χ0) is 10.9. The van der Waals surface area contributed by atoms with Gasteiger partial charge in [0.25, 0.3) is 0 Å². The molecule has 1 atom stereocenters. The van der Waals surface area contributed by atoms with Crippen LogP contribution in [-0.4, -0.2) is 18.5 Å². The molecule has 0 aliphatic heterocycles. The lowest BCUT2D eigenvalue weighted by Crippen LogP contribution is -2.04. The van der Waals surface area contributed by atoms with Crippen LogP contribution in [0.3, 0.4) is 0 Å². The van der Waals surface area contributed by atoms with Gasteiger partial charge in [-0.2, -0.15) is 0 Å². The van der Waals surface area contributed by atoms with Crippen molar-refractivity contribution in [1.29, 1.82) is 0 Å². The molecule has 1 aromatic rings. The Labute approximate surface area is 105 Å². The number of hydrogen-bond acceptors (Lipinski definition) is 2. The molecule has 86 valence electrons. The first-order valence-corrected chi connectivity index (χ1v) is 7.49. The smallest absolute Gasteiger partial charge is 0.0514 e. The van der Waals surface area contributed by atoms with Gasteiger partial charge in [0.2, 0.25) is 0 Å². The lowest BCUT2D eigenvalue weighted by Gasteiger charge is -2.09. The SMILES string of the molecule is CC(CCBr)CCOCCc1cccs1. The maximum Gasteiger partial charge on any atom is 0.0514 e. The van der Waals surface area contributed by atoms with Gasteiger partial charge in [-0.25, -0.2) is 0 Å². The first kappa shape index (κ1) is 13.2. The molecule has 0 amide bonds. The van der Waals surface area contributed by atoms with Crippen molar-refractivity contribution in [1.82, 2.24) is 0 Å². The summed E-state index contributed by atoms with van der Waals surface area (Å²) >= 11 is 5.27. The summed E-state index contributed by atoms with van der Waals surface area (Å²) in [6.45, 7) is 4.05. The van der Waals surface area contributed by atoms with Crippen LogP contribution in [-0.2, 0) is 11.2 Å². The quantitative estimate of drug-likeness (QED) is 0.517. The Balaban J connectivity index is 1.93. The Hall–Kier alpha value is 0.140. The van der Waals surface area contributed by atoms with E-state index in [1.165, 1.54) is 17.7 Å². The number of rotatable bonds is 8. The molecule has 0 radical (unpaired) electrons. The van der Waals surface area contributed by atoms with Gasteiger partial charge in [0.05, 0.1) is 6.61 Å². The summed E-state index contributed by atoms with van der Waals surface area (Å²) in [5.41, 5.74) is 0. The molecule has 0 N–H and O–H groups in total.